The second kappa shape index (κ2) is 6.96. The first-order valence-corrected chi connectivity index (χ1v) is 8.63. The zero-order chi connectivity index (χ0) is 15.4. The molecule has 1 unspecified atom stereocenters. The molecule has 2 aromatic rings. The third kappa shape index (κ3) is 3.32. The van der Waals surface area contributed by atoms with E-state index in [2.05, 4.69) is 62.0 Å². The molecule has 114 valence electrons. The van der Waals surface area contributed by atoms with Crippen molar-refractivity contribution in [2.24, 2.45) is 5.92 Å². The summed E-state index contributed by atoms with van der Waals surface area (Å²) < 4.78 is 0. The highest BCUT2D eigenvalue weighted by Gasteiger charge is 2.21. The molecule has 0 fully saturated rings. The molecule has 0 bridgehead atoms. The first kappa shape index (κ1) is 15.1. The van der Waals surface area contributed by atoms with Crippen molar-refractivity contribution in [3.8, 4) is 0 Å². The molecule has 0 heteroatoms. The van der Waals surface area contributed by atoms with Crippen LogP contribution >= 0.6 is 0 Å². The fraction of sp³-hybridized carbons (Fsp3) is 0.364. The molecule has 0 aliphatic heterocycles. The minimum absolute atomic E-state index is 0.702. The van der Waals surface area contributed by atoms with Gasteiger partial charge in [0.25, 0.3) is 0 Å². The van der Waals surface area contributed by atoms with Crippen molar-refractivity contribution in [3.63, 3.8) is 0 Å². The van der Waals surface area contributed by atoms with E-state index in [0.29, 0.717) is 5.92 Å². The Hall–Kier alpha value is -1.82. The average Bonchev–Trinajstić information content (AvgIpc) is 2.56. The van der Waals surface area contributed by atoms with Gasteiger partial charge in [0, 0.05) is 0 Å². The largest absolute Gasteiger partial charge is 0.0949 e. The van der Waals surface area contributed by atoms with Gasteiger partial charge >= 0.3 is 0 Å². The molecule has 2 aromatic carbocycles. The summed E-state index contributed by atoms with van der Waals surface area (Å²) in [4.78, 5) is 0. The summed E-state index contributed by atoms with van der Waals surface area (Å²) in [5.74, 6) is 0.702. The third-order valence-electron chi connectivity index (χ3n) is 4.95. The van der Waals surface area contributed by atoms with Crippen LogP contribution in [0.15, 0.2) is 55.1 Å². The Bertz CT molecular complexity index is 636. The van der Waals surface area contributed by atoms with Gasteiger partial charge in [-0.25, -0.2) is 0 Å². The smallest absolute Gasteiger partial charge is 0.0159 e. The molecular weight excluding hydrogens is 264 g/mol. The van der Waals surface area contributed by atoms with Gasteiger partial charge in [0.15, 0.2) is 0 Å². The summed E-state index contributed by atoms with van der Waals surface area (Å²) in [7, 11) is 0. The number of fused-ring (bicyclic) bond motifs is 1. The van der Waals surface area contributed by atoms with Crippen LogP contribution in [0.5, 0.6) is 0 Å². The minimum Gasteiger partial charge on any atom is -0.0949 e. The zero-order valence-corrected chi connectivity index (χ0v) is 13.6. The fourth-order valence-electron chi connectivity index (χ4n) is 3.65. The first-order chi connectivity index (χ1) is 10.8. The van der Waals surface area contributed by atoms with E-state index in [1.807, 2.05) is 0 Å². The summed E-state index contributed by atoms with van der Waals surface area (Å²) in [5.41, 5.74) is 7.20. The van der Waals surface area contributed by atoms with Crippen LogP contribution in [0.1, 0.15) is 48.4 Å². The summed E-state index contributed by atoms with van der Waals surface area (Å²) >= 11 is 0. The molecule has 0 saturated carbocycles. The quantitative estimate of drug-likeness (QED) is 0.648. The van der Waals surface area contributed by atoms with Crippen LogP contribution in [-0.2, 0) is 19.3 Å². The molecule has 0 amide bonds. The highest BCUT2D eigenvalue weighted by atomic mass is 14.3. The second-order valence-electron chi connectivity index (χ2n) is 6.53. The van der Waals surface area contributed by atoms with Gasteiger partial charge < -0.3 is 0 Å². The number of allylic oxidation sites excluding steroid dienone is 1. The molecule has 0 radical (unpaired) electrons. The van der Waals surface area contributed by atoms with Crippen molar-refractivity contribution in [2.45, 2.75) is 45.4 Å². The summed E-state index contributed by atoms with van der Waals surface area (Å²) in [6, 6.07) is 17.8. The monoisotopic (exact) mass is 290 g/mol. The zero-order valence-electron chi connectivity index (χ0n) is 13.6. The summed E-state index contributed by atoms with van der Waals surface area (Å²) in [6.07, 6.45) is 7.30. The molecule has 0 nitrogen and oxygen atoms in total. The molecule has 1 aliphatic carbocycles. The van der Waals surface area contributed by atoms with Crippen molar-refractivity contribution in [3.05, 3.63) is 77.4 Å². The van der Waals surface area contributed by atoms with Crippen molar-refractivity contribution < 1.29 is 0 Å². The van der Waals surface area contributed by atoms with Crippen LogP contribution < -0.4 is 0 Å². The molecule has 3 rings (SSSR count). The van der Waals surface area contributed by atoms with Gasteiger partial charge in [-0.2, -0.15) is 0 Å². The van der Waals surface area contributed by atoms with Crippen molar-refractivity contribution in [1.82, 2.24) is 0 Å². The van der Waals surface area contributed by atoms with E-state index in [-0.39, 0.29) is 0 Å². The van der Waals surface area contributed by atoms with Crippen LogP contribution in [0, 0.1) is 5.92 Å². The van der Waals surface area contributed by atoms with Crippen LogP contribution in [0.3, 0.4) is 0 Å². The lowest BCUT2D eigenvalue weighted by molar-refractivity contribution is 0.539. The Morgan fingerprint density at radius 1 is 1.00 bits per heavy atom. The van der Waals surface area contributed by atoms with Gasteiger partial charge in [-0.3, -0.25) is 0 Å². The van der Waals surface area contributed by atoms with Gasteiger partial charge in [0.2, 0.25) is 0 Å². The van der Waals surface area contributed by atoms with Crippen LogP contribution in [-0.4, -0.2) is 0 Å². The van der Waals surface area contributed by atoms with Crippen LogP contribution in [0.25, 0.3) is 5.57 Å². The molecular formula is C22H26. The van der Waals surface area contributed by atoms with E-state index in [4.69, 9.17) is 0 Å². The number of aryl methyl sites for hydroxylation is 3. The van der Waals surface area contributed by atoms with E-state index >= 15 is 0 Å². The standard InChI is InChI=1S/C22H26/c1-3-7-20-13-14-21-16-19(12-15-22(21)17(20)2)11-10-18-8-5-4-6-9-18/h4-6,8-9,12,15-16,20H,2-3,7,10-11,13-14H2,1H3. The SMILES string of the molecule is C=C1c2ccc(CCc3ccccc3)cc2CCC1CCC. The lowest BCUT2D eigenvalue weighted by Crippen LogP contribution is -2.13. The Kier molecular flexibility index (Phi) is 4.77. The van der Waals surface area contributed by atoms with E-state index in [1.165, 1.54) is 53.5 Å². The van der Waals surface area contributed by atoms with E-state index in [0.717, 1.165) is 12.8 Å². The number of rotatable bonds is 5. The lowest BCUT2D eigenvalue weighted by atomic mass is 9.77. The molecule has 0 spiro atoms. The highest BCUT2D eigenvalue weighted by Crippen LogP contribution is 2.37. The maximum absolute atomic E-state index is 4.38. The summed E-state index contributed by atoms with van der Waals surface area (Å²) in [5, 5.41) is 0. The summed E-state index contributed by atoms with van der Waals surface area (Å²) in [6.45, 7) is 6.65. The second-order valence-corrected chi connectivity index (χ2v) is 6.53. The number of hydrogen-bond donors (Lipinski definition) is 0. The van der Waals surface area contributed by atoms with E-state index in [1.54, 1.807) is 0 Å². The van der Waals surface area contributed by atoms with Crippen LogP contribution in [0.4, 0.5) is 0 Å². The predicted octanol–water partition coefficient (Wildman–Crippen LogP) is 5.85. The van der Waals surface area contributed by atoms with Crippen molar-refractivity contribution in [1.29, 1.82) is 0 Å². The van der Waals surface area contributed by atoms with E-state index in [9.17, 15) is 0 Å². The average molecular weight is 290 g/mol. The van der Waals surface area contributed by atoms with Gasteiger partial charge in [-0.05, 0) is 65.8 Å². The topological polar surface area (TPSA) is 0 Å². The molecule has 1 atom stereocenters. The van der Waals surface area contributed by atoms with Crippen molar-refractivity contribution in [2.75, 3.05) is 0 Å². The van der Waals surface area contributed by atoms with Crippen LogP contribution in [0.2, 0.25) is 0 Å². The van der Waals surface area contributed by atoms with Gasteiger partial charge in [-0.1, -0.05) is 68.5 Å². The third-order valence-corrected chi connectivity index (χ3v) is 4.95. The van der Waals surface area contributed by atoms with Crippen molar-refractivity contribution >= 4 is 5.57 Å². The Balaban J connectivity index is 1.71. The normalized spacial score (nSPS) is 17.3. The van der Waals surface area contributed by atoms with Gasteiger partial charge in [0.1, 0.15) is 0 Å². The number of hydrogen-bond acceptors (Lipinski definition) is 0. The molecule has 0 aromatic heterocycles. The molecule has 22 heavy (non-hydrogen) atoms. The van der Waals surface area contributed by atoms with E-state index < -0.39 is 0 Å². The molecule has 0 N–H and O–H groups in total. The molecule has 1 aliphatic rings. The first-order valence-electron chi connectivity index (χ1n) is 8.63. The molecule has 0 saturated heterocycles. The fourth-order valence-corrected chi connectivity index (χ4v) is 3.65. The minimum atomic E-state index is 0.702. The maximum Gasteiger partial charge on any atom is -0.0159 e. The lowest BCUT2D eigenvalue weighted by Gasteiger charge is -2.27. The molecule has 0 heterocycles. The Morgan fingerprint density at radius 3 is 2.55 bits per heavy atom. The predicted molar refractivity (Wildman–Crippen MR) is 96.0 cm³/mol. The number of benzene rings is 2. The van der Waals surface area contributed by atoms with Gasteiger partial charge in [-0.15, -0.1) is 0 Å². The highest BCUT2D eigenvalue weighted by molar-refractivity contribution is 5.70. The maximum atomic E-state index is 4.38. The Labute approximate surface area is 134 Å². The Morgan fingerprint density at radius 2 is 1.77 bits per heavy atom. The van der Waals surface area contributed by atoms with Gasteiger partial charge in [0.05, 0.1) is 0 Å².